The normalized spacial score (nSPS) is 13.9. The van der Waals surface area contributed by atoms with E-state index in [9.17, 15) is 26.3 Å². The van der Waals surface area contributed by atoms with Crippen molar-refractivity contribution in [1.29, 1.82) is 0 Å². The van der Waals surface area contributed by atoms with Crippen molar-refractivity contribution in [2.75, 3.05) is 38.0 Å². The van der Waals surface area contributed by atoms with Crippen molar-refractivity contribution in [2.45, 2.75) is 49.8 Å². The fourth-order valence-electron chi connectivity index (χ4n) is 7.02. The van der Waals surface area contributed by atoms with Crippen LogP contribution in [-0.2, 0) is 46.2 Å². The van der Waals surface area contributed by atoms with E-state index in [-0.39, 0.29) is 0 Å². The van der Waals surface area contributed by atoms with E-state index in [2.05, 4.69) is 168 Å². The number of aryl methyl sites for hydroxylation is 2. The zero-order chi connectivity index (χ0) is 45.6. The Kier molecular flexibility index (Phi) is 14.7. The summed E-state index contributed by atoms with van der Waals surface area (Å²) in [5.41, 5.74) is 4.46. The lowest BCUT2D eigenvalue weighted by Gasteiger charge is -2.14. The molecule has 0 spiro atoms. The van der Waals surface area contributed by atoms with Crippen molar-refractivity contribution in [3.05, 3.63) is 131 Å². The van der Waals surface area contributed by atoms with Crippen LogP contribution in [0.2, 0.25) is 0 Å². The molecule has 0 atom stereocenters. The molecule has 330 valence electrons. The molecule has 0 saturated carbocycles. The number of rotatable bonds is 6. The Labute approximate surface area is 357 Å². The molecule has 0 fully saturated rings. The highest BCUT2D eigenvalue weighted by Crippen LogP contribution is 2.39. The standard InChI is InChI=1S/C42H44N4.2CHF3O3S/c1-43(2)35-23-15-31(16-24-35)19-27-37-11-5-13-39-41-33(9-7-29-45(37)39)21-22-34-10-8-30-46-38(12-6-14-40(46)42(34)41)28-20-32-17-25-36(26-18-32)44(3)4;2*2-1(3,4)8(5,6)7/h5-6,11-28H,7-10,29-30H2,1-4H3;2*(H,5,6,7)/q+2;;/p-2. The van der Waals surface area contributed by atoms with E-state index in [1.54, 1.807) is 0 Å². The molecular formula is C44H44F6N4O6S2. The van der Waals surface area contributed by atoms with Crippen LogP contribution in [0.3, 0.4) is 0 Å². The quantitative estimate of drug-likeness (QED) is 0.0725. The van der Waals surface area contributed by atoms with Gasteiger partial charge < -0.3 is 18.9 Å². The minimum absolute atomic E-state index is 1.01. The Morgan fingerprint density at radius 1 is 0.516 bits per heavy atom. The van der Waals surface area contributed by atoms with Crippen molar-refractivity contribution in [3.8, 4) is 22.5 Å². The van der Waals surface area contributed by atoms with Crippen LogP contribution in [0, 0.1) is 0 Å². The van der Waals surface area contributed by atoms with Crippen molar-refractivity contribution < 1.29 is 61.4 Å². The van der Waals surface area contributed by atoms with Crippen LogP contribution in [0.4, 0.5) is 37.7 Å². The maximum atomic E-state index is 10.7. The summed E-state index contributed by atoms with van der Waals surface area (Å²) in [4.78, 5) is 4.28. The van der Waals surface area contributed by atoms with Gasteiger partial charge in [-0.2, -0.15) is 35.5 Å². The summed E-state index contributed by atoms with van der Waals surface area (Å²) in [5.74, 6) is 0. The van der Waals surface area contributed by atoms with E-state index in [0.717, 1.165) is 38.8 Å². The van der Waals surface area contributed by atoms with Crippen molar-refractivity contribution in [1.82, 2.24) is 0 Å². The third-order valence-electron chi connectivity index (χ3n) is 10.1. The summed E-state index contributed by atoms with van der Waals surface area (Å²) in [5, 5.41) is 0. The molecule has 2 aromatic heterocycles. The van der Waals surface area contributed by atoms with Gasteiger partial charge in [0, 0.05) is 88.8 Å². The molecule has 7 rings (SSSR count). The van der Waals surface area contributed by atoms with Gasteiger partial charge in [-0.05, 0) is 83.6 Å². The number of pyridine rings is 2. The SMILES string of the molecule is CN(C)c1ccc(/C=C/c2cccc3[n+]2CCCc2ccc4c(c2-3)-c2cccc(/C=C/c3ccc(N(C)C)cc3)[n+]2CCC4)cc1.O=S(=O)([O-])C(F)(F)F.O=S(=O)([O-])C(F)(F)F. The molecule has 62 heavy (non-hydrogen) atoms. The number of alkyl halides is 6. The highest BCUT2D eigenvalue weighted by molar-refractivity contribution is 7.86. The van der Waals surface area contributed by atoms with Gasteiger partial charge in [0.2, 0.25) is 22.8 Å². The van der Waals surface area contributed by atoms with Crippen LogP contribution in [0.15, 0.2) is 97.1 Å². The second-order valence-electron chi connectivity index (χ2n) is 14.8. The first-order chi connectivity index (χ1) is 29.0. The van der Waals surface area contributed by atoms with Gasteiger partial charge in [0.15, 0.2) is 20.2 Å². The van der Waals surface area contributed by atoms with E-state index >= 15 is 0 Å². The zero-order valence-corrected chi connectivity index (χ0v) is 35.7. The van der Waals surface area contributed by atoms with Gasteiger partial charge in [-0.15, -0.1) is 0 Å². The molecule has 0 saturated heterocycles. The Hall–Kier alpha value is -5.56. The monoisotopic (exact) mass is 902 g/mol. The number of benzene rings is 3. The molecule has 4 heterocycles. The molecule has 0 N–H and O–H groups in total. The van der Waals surface area contributed by atoms with E-state index in [1.165, 1.54) is 67.5 Å². The summed E-state index contributed by atoms with van der Waals surface area (Å²) in [6, 6.07) is 36.0. The third-order valence-corrected chi connectivity index (χ3v) is 11.2. The number of nitrogens with zero attached hydrogens (tertiary/aromatic N) is 4. The van der Waals surface area contributed by atoms with Crippen molar-refractivity contribution >= 4 is 55.9 Å². The Balaban J connectivity index is 0.000000386. The molecular weight excluding hydrogens is 859 g/mol. The smallest absolute Gasteiger partial charge is 0.485 e. The number of hydrogen-bond acceptors (Lipinski definition) is 8. The second-order valence-corrected chi connectivity index (χ2v) is 17.5. The Morgan fingerprint density at radius 3 is 1.13 bits per heavy atom. The topological polar surface area (TPSA) is 129 Å². The Bertz CT molecular complexity index is 2480. The molecule has 0 unspecified atom stereocenters. The maximum absolute atomic E-state index is 10.7. The number of halogens is 6. The molecule has 10 nitrogen and oxygen atoms in total. The van der Waals surface area contributed by atoms with Crippen LogP contribution < -0.4 is 18.9 Å². The summed E-state index contributed by atoms with van der Waals surface area (Å²) < 4.78 is 123. The molecule has 2 aliphatic rings. The fourth-order valence-corrected chi connectivity index (χ4v) is 7.02. The van der Waals surface area contributed by atoms with E-state index < -0.39 is 31.3 Å². The summed E-state index contributed by atoms with van der Waals surface area (Å²) in [6.45, 7) is 2.02. The highest BCUT2D eigenvalue weighted by atomic mass is 32.2. The van der Waals surface area contributed by atoms with Crippen LogP contribution in [0.1, 0.15) is 46.5 Å². The largest absolute Gasteiger partial charge is 0.741 e. The molecule has 0 aliphatic carbocycles. The lowest BCUT2D eigenvalue weighted by molar-refractivity contribution is -0.689. The third kappa shape index (κ3) is 11.7. The summed E-state index contributed by atoms with van der Waals surface area (Å²) in [6.07, 6.45) is 13.5. The molecule has 0 amide bonds. The average molecular weight is 903 g/mol. The minimum Gasteiger partial charge on any atom is -0.741 e. The molecule has 0 bridgehead atoms. The molecule has 0 radical (unpaired) electrons. The first-order valence-electron chi connectivity index (χ1n) is 19.1. The minimum atomic E-state index is -6.09. The van der Waals surface area contributed by atoms with E-state index in [0.29, 0.717) is 0 Å². The predicted molar refractivity (Wildman–Crippen MR) is 225 cm³/mol. The van der Waals surface area contributed by atoms with Crippen LogP contribution in [0.25, 0.3) is 46.8 Å². The lowest BCUT2D eigenvalue weighted by Crippen LogP contribution is -2.40. The number of hydrogen-bond donors (Lipinski definition) is 0. The molecule has 18 heteroatoms. The van der Waals surface area contributed by atoms with E-state index in [4.69, 9.17) is 25.9 Å². The molecule has 3 aromatic carbocycles. The Morgan fingerprint density at radius 2 is 0.839 bits per heavy atom. The van der Waals surface area contributed by atoms with Crippen LogP contribution in [0.5, 0.6) is 0 Å². The number of fused-ring (bicyclic) bond motifs is 7. The lowest BCUT2D eigenvalue weighted by atomic mass is 9.88. The van der Waals surface area contributed by atoms with Gasteiger partial charge in [0.1, 0.15) is 13.1 Å². The van der Waals surface area contributed by atoms with Gasteiger partial charge >= 0.3 is 11.0 Å². The van der Waals surface area contributed by atoms with Gasteiger partial charge in [-0.1, -0.05) is 36.4 Å². The summed E-state index contributed by atoms with van der Waals surface area (Å²) >= 11 is 0. The van der Waals surface area contributed by atoms with Gasteiger partial charge in [0.25, 0.3) is 0 Å². The van der Waals surface area contributed by atoms with Crippen molar-refractivity contribution in [3.63, 3.8) is 0 Å². The number of anilines is 2. The van der Waals surface area contributed by atoms with Crippen LogP contribution in [-0.4, -0.2) is 65.1 Å². The number of aromatic nitrogens is 2. The van der Waals surface area contributed by atoms with Gasteiger partial charge in [0.05, 0.1) is 11.1 Å². The average Bonchev–Trinajstić information content (AvgIpc) is 3.51. The maximum Gasteiger partial charge on any atom is 0.485 e. The van der Waals surface area contributed by atoms with Crippen LogP contribution >= 0.6 is 0 Å². The fraction of sp³-hybridized carbons (Fsp3) is 0.273. The summed E-state index contributed by atoms with van der Waals surface area (Å²) in [7, 11) is -3.85. The van der Waals surface area contributed by atoms with E-state index in [1.807, 2.05) is 0 Å². The van der Waals surface area contributed by atoms with Gasteiger partial charge in [-0.25, -0.2) is 16.8 Å². The van der Waals surface area contributed by atoms with Gasteiger partial charge in [-0.3, -0.25) is 0 Å². The first kappa shape index (κ1) is 47.5. The first-order valence-corrected chi connectivity index (χ1v) is 21.9. The zero-order valence-electron chi connectivity index (χ0n) is 34.1. The molecule has 5 aromatic rings. The molecule has 2 aliphatic heterocycles. The second kappa shape index (κ2) is 19.2. The predicted octanol–water partition coefficient (Wildman–Crippen LogP) is 8.06. The highest BCUT2D eigenvalue weighted by Gasteiger charge is 2.38. The van der Waals surface area contributed by atoms with Crippen molar-refractivity contribution in [2.24, 2.45) is 0 Å².